The molecule has 1 rings (SSSR count). The summed E-state index contributed by atoms with van der Waals surface area (Å²) in [5.74, 6) is -1.72. The third kappa shape index (κ3) is 3.30. The zero-order valence-electron chi connectivity index (χ0n) is 9.79. The predicted octanol–water partition coefficient (Wildman–Crippen LogP) is -1.76. The van der Waals surface area contributed by atoms with E-state index in [4.69, 9.17) is 15.4 Å². The van der Waals surface area contributed by atoms with Crippen molar-refractivity contribution in [2.45, 2.75) is 49.6 Å². The van der Waals surface area contributed by atoms with E-state index in [1.54, 1.807) is 0 Å². The van der Waals surface area contributed by atoms with E-state index in [0.29, 0.717) is 0 Å². The smallest absolute Gasteiger partial charge is 0.165 e. The maximum Gasteiger partial charge on any atom is 0.165 e. The van der Waals surface area contributed by atoms with Gasteiger partial charge in [-0.3, -0.25) is 0 Å². The normalized spacial score (nSPS) is 39.8. The predicted molar refractivity (Wildman–Crippen MR) is 58.2 cm³/mol. The van der Waals surface area contributed by atoms with Crippen molar-refractivity contribution in [3.63, 3.8) is 0 Å². The number of hydrogen-bond donors (Lipinski definition) is 5. The molecule has 5 N–H and O–H groups in total. The zero-order valence-corrected chi connectivity index (χ0v) is 9.79. The van der Waals surface area contributed by atoms with E-state index in [1.807, 2.05) is 0 Å². The maximum atomic E-state index is 9.75. The Morgan fingerprint density at radius 2 is 2.17 bits per heavy atom. The molecule has 1 saturated heterocycles. The summed E-state index contributed by atoms with van der Waals surface area (Å²) in [4.78, 5) is 2.52. The van der Waals surface area contributed by atoms with E-state index in [0.717, 1.165) is 0 Å². The van der Waals surface area contributed by atoms with Crippen molar-refractivity contribution < 1.29 is 30.3 Å². The molecule has 9 nitrogen and oxygen atoms in total. The van der Waals surface area contributed by atoms with Crippen LogP contribution in [-0.4, -0.2) is 68.4 Å². The Morgan fingerprint density at radius 3 is 2.67 bits per heavy atom. The van der Waals surface area contributed by atoms with E-state index in [-0.39, 0.29) is 6.42 Å². The lowest BCUT2D eigenvalue weighted by atomic mass is 9.90. The average Bonchev–Trinajstić information content (AvgIpc) is 2.29. The van der Waals surface area contributed by atoms with Crippen LogP contribution in [0.4, 0.5) is 0 Å². The van der Waals surface area contributed by atoms with Gasteiger partial charge in [-0.25, -0.2) is 0 Å². The molecule has 5 unspecified atom stereocenters. The Labute approximate surface area is 103 Å². The van der Waals surface area contributed by atoms with Crippen molar-refractivity contribution in [3.05, 3.63) is 10.4 Å². The molecule has 0 saturated carbocycles. The molecule has 9 heteroatoms. The van der Waals surface area contributed by atoms with Gasteiger partial charge < -0.3 is 30.3 Å². The highest BCUT2D eigenvalue weighted by Crippen LogP contribution is 2.31. The summed E-state index contributed by atoms with van der Waals surface area (Å²) in [6, 6.07) is -1.16. The highest BCUT2D eigenvalue weighted by atomic mass is 16.6. The summed E-state index contributed by atoms with van der Waals surface area (Å²) in [6.45, 7) is 0.538. The molecule has 1 aliphatic rings. The van der Waals surface area contributed by atoms with Gasteiger partial charge in [-0.2, -0.15) is 0 Å². The number of aliphatic hydroxyl groups is 5. The Hall–Kier alpha value is -0.930. The monoisotopic (exact) mass is 263 g/mol. The maximum absolute atomic E-state index is 9.75. The summed E-state index contributed by atoms with van der Waals surface area (Å²) < 4.78 is 5.10. The van der Waals surface area contributed by atoms with Crippen LogP contribution in [0.25, 0.3) is 10.4 Å². The summed E-state index contributed by atoms with van der Waals surface area (Å²) in [5, 5.41) is 50.6. The van der Waals surface area contributed by atoms with Crippen LogP contribution in [0.3, 0.4) is 0 Å². The Bertz CT molecular complexity index is 332. The van der Waals surface area contributed by atoms with E-state index >= 15 is 0 Å². The number of rotatable bonds is 4. The number of azide groups is 1. The molecule has 0 amide bonds. The second-order valence-electron chi connectivity index (χ2n) is 4.46. The van der Waals surface area contributed by atoms with Gasteiger partial charge in [-0.15, -0.1) is 0 Å². The molecule has 104 valence electrons. The highest BCUT2D eigenvalue weighted by molar-refractivity contribution is 4.97. The molecular weight excluding hydrogens is 246 g/mol. The molecule has 0 aromatic carbocycles. The second kappa shape index (κ2) is 5.81. The first-order valence-corrected chi connectivity index (χ1v) is 5.42. The molecule has 1 aliphatic heterocycles. The average molecular weight is 263 g/mol. The van der Waals surface area contributed by atoms with Gasteiger partial charge in [-0.1, -0.05) is 5.11 Å². The minimum atomic E-state index is -1.72. The summed E-state index contributed by atoms with van der Waals surface area (Å²) in [6.07, 6.45) is -5.88. The van der Waals surface area contributed by atoms with E-state index in [2.05, 4.69) is 10.0 Å². The molecule has 0 aliphatic carbocycles. The first kappa shape index (κ1) is 15.1. The van der Waals surface area contributed by atoms with Crippen LogP contribution < -0.4 is 0 Å². The summed E-state index contributed by atoms with van der Waals surface area (Å²) in [5.41, 5.74) is 8.40. The third-order valence-electron chi connectivity index (χ3n) is 2.81. The fourth-order valence-electron chi connectivity index (χ4n) is 1.94. The Kier molecular flexibility index (Phi) is 4.88. The molecule has 0 aromatic rings. The molecular formula is C9H17N3O6. The van der Waals surface area contributed by atoms with E-state index in [1.165, 1.54) is 6.92 Å². The summed E-state index contributed by atoms with van der Waals surface area (Å²) in [7, 11) is 0. The highest BCUT2D eigenvalue weighted by Gasteiger charge is 2.47. The zero-order chi connectivity index (χ0) is 13.9. The fraction of sp³-hybridized carbons (Fsp3) is 1.00. The van der Waals surface area contributed by atoms with Gasteiger partial charge in [0, 0.05) is 11.3 Å². The van der Waals surface area contributed by atoms with Crippen molar-refractivity contribution in [2.24, 2.45) is 5.11 Å². The minimum Gasteiger partial charge on any atom is -0.394 e. The van der Waals surface area contributed by atoms with Crippen molar-refractivity contribution >= 4 is 0 Å². The SMILES string of the molecule is CC1(O)CC(O)[C@@H](N=[N+]=[N-])C(C(O)C(O)CO)O1. The van der Waals surface area contributed by atoms with Crippen LogP contribution in [0.2, 0.25) is 0 Å². The van der Waals surface area contributed by atoms with Gasteiger partial charge in [0.05, 0.1) is 18.8 Å². The van der Waals surface area contributed by atoms with Gasteiger partial charge in [0.2, 0.25) is 0 Å². The number of nitrogens with zero attached hydrogens (tertiary/aromatic N) is 3. The van der Waals surface area contributed by atoms with E-state index < -0.39 is 42.9 Å². The van der Waals surface area contributed by atoms with Crippen LogP contribution in [0.15, 0.2) is 5.11 Å². The minimum absolute atomic E-state index is 0.199. The van der Waals surface area contributed by atoms with Crippen molar-refractivity contribution in [1.29, 1.82) is 0 Å². The van der Waals surface area contributed by atoms with Gasteiger partial charge in [-0.05, 0) is 12.5 Å². The first-order chi connectivity index (χ1) is 8.32. The van der Waals surface area contributed by atoms with Gasteiger partial charge in [0.15, 0.2) is 5.79 Å². The molecule has 1 heterocycles. The summed E-state index contributed by atoms with van der Waals surface area (Å²) >= 11 is 0. The molecule has 18 heavy (non-hydrogen) atoms. The quantitative estimate of drug-likeness (QED) is 0.229. The number of ether oxygens (including phenoxy) is 1. The molecule has 0 bridgehead atoms. The van der Waals surface area contributed by atoms with Gasteiger partial charge in [0.25, 0.3) is 0 Å². The van der Waals surface area contributed by atoms with E-state index in [9.17, 15) is 20.4 Å². The molecule has 0 aromatic heterocycles. The largest absolute Gasteiger partial charge is 0.394 e. The fourth-order valence-corrected chi connectivity index (χ4v) is 1.94. The second-order valence-corrected chi connectivity index (χ2v) is 4.46. The van der Waals surface area contributed by atoms with Gasteiger partial charge in [0.1, 0.15) is 18.3 Å². The van der Waals surface area contributed by atoms with Crippen molar-refractivity contribution in [3.8, 4) is 0 Å². The van der Waals surface area contributed by atoms with Crippen LogP contribution >= 0.6 is 0 Å². The van der Waals surface area contributed by atoms with Crippen molar-refractivity contribution in [2.75, 3.05) is 6.61 Å². The lowest BCUT2D eigenvalue weighted by Gasteiger charge is -2.43. The van der Waals surface area contributed by atoms with Crippen LogP contribution in [0.5, 0.6) is 0 Å². The lowest BCUT2D eigenvalue weighted by molar-refractivity contribution is -0.289. The van der Waals surface area contributed by atoms with Crippen LogP contribution in [-0.2, 0) is 4.74 Å². The van der Waals surface area contributed by atoms with Crippen LogP contribution in [0.1, 0.15) is 13.3 Å². The standard InChI is InChI=1S/C9H17N3O6/c1-9(17)2-4(14)6(11-12-10)8(18-9)7(16)5(15)3-13/h4-8,13-17H,2-3H2,1H3/t4?,5?,6-,7?,8?,9?/m1/s1. The molecule has 0 spiro atoms. The third-order valence-corrected chi connectivity index (χ3v) is 2.81. The lowest BCUT2D eigenvalue weighted by Crippen LogP contribution is -2.59. The van der Waals surface area contributed by atoms with Gasteiger partial charge >= 0.3 is 0 Å². The Balaban J connectivity index is 2.96. The molecule has 0 radical (unpaired) electrons. The van der Waals surface area contributed by atoms with Crippen molar-refractivity contribution in [1.82, 2.24) is 0 Å². The molecule has 1 fully saturated rings. The topological polar surface area (TPSA) is 159 Å². The Morgan fingerprint density at radius 1 is 1.56 bits per heavy atom. The number of aliphatic hydroxyl groups excluding tert-OH is 4. The van der Waals surface area contributed by atoms with Crippen LogP contribution in [0, 0.1) is 0 Å². The number of hydrogen-bond acceptors (Lipinski definition) is 7. The molecule has 6 atom stereocenters. The first-order valence-electron chi connectivity index (χ1n) is 5.42.